The van der Waals surface area contributed by atoms with Crippen LogP contribution in [0.5, 0.6) is 5.75 Å². The van der Waals surface area contributed by atoms with Gasteiger partial charge in [-0.25, -0.2) is 0 Å². The van der Waals surface area contributed by atoms with Crippen molar-refractivity contribution in [3.8, 4) is 17.1 Å². The van der Waals surface area contributed by atoms with Crippen LogP contribution < -0.4 is 4.74 Å². The Morgan fingerprint density at radius 1 is 1.18 bits per heavy atom. The third kappa shape index (κ3) is 4.91. The fourth-order valence-corrected chi connectivity index (χ4v) is 2.96. The molecular formula is C21H20Cl2N2O3. The van der Waals surface area contributed by atoms with Crippen molar-refractivity contribution in [3.63, 3.8) is 0 Å². The summed E-state index contributed by atoms with van der Waals surface area (Å²) in [7, 11) is 0. The number of hydrogen-bond acceptors (Lipinski definition) is 5. The van der Waals surface area contributed by atoms with Crippen LogP contribution in [-0.4, -0.2) is 16.1 Å². The van der Waals surface area contributed by atoms with Crippen LogP contribution in [-0.2, 0) is 11.2 Å². The molecule has 0 saturated heterocycles. The van der Waals surface area contributed by atoms with Crippen molar-refractivity contribution in [1.82, 2.24) is 10.1 Å². The number of aryl methyl sites for hydroxylation is 2. The molecule has 0 atom stereocenters. The van der Waals surface area contributed by atoms with Crippen LogP contribution in [0.25, 0.3) is 11.4 Å². The highest BCUT2D eigenvalue weighted by Gasteiger charge is 2.16. The molecule has 0 spiro atoms. The molecule has 1 heterocycles. The Balaban J connectivity index is 1.64. The maximum atomic E-state index is 12.3. The molecule has 2 aromatic carbocycles. The molecule has 0 unspecified atom stereocenters. The predicted molar refractivity (Wildman–Crippen MR) is 109 cm³/mol. The number of carbonyl (C=O) groups excluding carboxylic acids is 1. The summed E-state index contributed by atoms with van der Waals surface area (Å²) in [5.41, 5.74) is 2.55. The van der Waals surface area contributed by atoms with Crippen molar-refractivity contribution >= 4 is 29.2 Å². The zero-order valence-electron chi connectivity index (χ0n) is 15.8. The maximum Gasteiger partial charge on any atom is 0.311 e. The van der Waals surface area contributed by atoms with Gasteiger partial charge in [0, 0.05) is 22.0 Å². The molecule has 0 aliphatic carbocycles. The highest BCUT2D eigenvalue weighted by Crippen LogP contribution is 2.32. The molecule has 0 saturated carbocycles. The molecule has 0 amide bonds. The van der Waals surface area contributed by atoms with Crippen molar-refractivity contribution in [2.45, 2.75) is 39.5 Å². The van der Waals surface area contributed by atoms with Crippen LogP contribution in [0.3, 0.4) is 0 Å². The molecule has 7 heteroatoms. The van der Waals surface area contributed by atoms with Gasteiger partial charge in [0.1, 0.15) is 5.75 Å². The van der Waals surface area contributed by atoms with Gasteiger partial charge in [-0.15, -0.1) is 0 Å². The minimum atomic E-state index is -0.366. The van der Waals surface area contributed by atoms with Gasteiger partial charge in [-0.1, -0.05) is 42.2 Å². The third-order valence-electron chi connectivity index (χ3n) is 4.25. The molecule has 0 N–H and O–H groups in total. The Morgan fingerprint density at radius 3 is 2.57 bits per heavy atom. The number of hydrogen-bond donors (Lipinski definition) is 0. The Bertz CT molecular complexity index is 982. The zero-order valence-corrected chi connectivity index (χ0v) is 17.3. The molecule has 0 aliphatic rings. The lowest BCUT2D eigenvalue weighted by Crippen LogP contribution is -2.11. The topological polar surface area (TPSA) is 65.2 Å². The van der Waals surface area contributed by atoms with Gasteiger partial charge >= 0.3 is 5.97 Å². The Morgan fingerprint density at radius 2 is 1.89 bits per heavy atom. The number of rotatable bonds is 6. The van der Waals surface area contributed by atoms with Gasteiger partial charge in [-0.3, -0.25) is 4.79 Å². The van der Waals surface area contributed by atoms with Gasteiger partial charge in [-0.2, -0.15) is 4.98 Å². The Kier molecular flexibility index (Phi) is 6.37. The molecule has 3 aromatic rings. The molecule has 0 bridgehead atoms. The lowest BCUT2D eigenvalue weighted by Gasteiger charge is -2.14. The second-order valence-electron chi connectivity index (χ2n) is 6.79. The van der Waals surface area contributed by atoms with Crippen molar-refractivity contribution in [3.05, 3.63) is 63.5 Å². The molecule has 0 aliphatic heterocycles. The summed E-state index contributed by atoms with van der Waals surface area (Å²) >= 11 is 12.1. The van der Waals surface area contributed by atoms with Crippen molar-refractivity contribution in [2.24, 2.45) is 0 Å². The third-order valence-corrected chi connectivity index (χ3v) is 4.91. The second kappa shape index (κ2) is 8.76. The Hall–Kier alpha value is -2.37. The molecule has 28 heavy (non-hydrogen) atoms. The largest absolute Gasteiger partial charge is 0.426 e. The average molecular weight is 419 g/mol. The summed E-state index contributed by atoms with van der Waals surface area (Å²) in [5, 5.41) is 5.23. The maximum absolute atomic E-state index is 12.3. The summed E-state index contributed by atoms with van der Waals surface area (Å²) < 4.78 is 10.8. The molecule has 1 aromatic heterocycles. The summed E-state index contributed by atoms with van der Waals surface area (Å²) in [5.74, 6) is 1.18. The van der Waals surface area contributed by atoms with Gasteiger partial charge in [0.2, 0.25) is 11.7 Å². The van der Waals surface area contributed by atoms with E-state index in [-0.39, 0.29) is 18.3 Å². The van der Waals surface area contributed by atoms with E-state index < -0.39 is 0 Å². The molecule has 0 radical (unpaired) electrons. The summed E-state index contributed by atoms with van der Waals surface area (Å²) in [6.07, 6.45) is 0.421. The van der Waals surface area contributed by atoms with Crippen LogP contribution in [0.4, 0.5) is 0 Å². The SMILES string of the molecule is Cc1cc(OC(=O)CCc2nc(-c3ccc(Cl)cc3)no2)c(C(C)C)cc1Cl. The highest BCUT2D eigenvalue weighted by atomic mass is 35.5. The monoisotopic (exact) mass is 418 g/mol. The summed E-state index contributed by atoms with van der Waals surface area (Å²) in [6.45, 7) is 5.92. The quantitative estimate of drug-likeness (QED) is 0.361. The Labute approximate surface area is 173 Å². The minimum Gasteiger partial charge on any atom is -0.426 e. The van der Waals surface area contributed by atoms with Crippen LogP contribution >= 0.6 is 23.2 Å². The highest BCUT2D eigenvalue weighted by molar-refractivity contribution is 6.31. The fraction of sp³-hybridized carbons (Fsp3) is 0.286. The van der Waals surface area contributed by atoms with Gasteiger partial charge in [0.25, 0.3) is 0 Å². The average Bonchev–Trinajstić information content (AvgIpc) is 3.12. The van der Waals surface area contributed by atoms with E-state index in [1.54, 1.807) is 18.2 Å². The molecular weight excluding hydrogens is 399 g/mol. The van der Waals surface area contributed by atoms with E-state index in [2.05, 4.69) is 10.1 Å². The van der Waals surface area contributed by atoms with Gasteiger partial charge in [-0.05, 0) is 60.4 Å². The first-order chi connectivity index (χ1) is 13.3. The number of halogens is 2. The second-order valence-corrected chi connectivity index (χ2v) is 7.63. The van der Waals surface area contributed by atoms with Gasteiger partial charge < -0.3 is 9.26 Å². The number of aromatic nitrogens is 2. The lowest BCUT2D eigenvalue weighted by molar-refractivity contribution is -0.134. The number of esters is 1. The smallest absolute Gasteiger partial charge is 0.311 e. The van der Waals surface area contributed by atoms with E-state index in [1.807, 2.05) is 39.0 Å². The molecule has 3 rings (SSSR count). The molecule has 0 fully saturated rings. The zero-order chi connectivity index (χ0) is 20.3. The first-order valence-electron chi connectivity index (χ1n) is 8.92. The van der Waals surface area contributed by atoms with Crippen LogP contribution in [0.2, 0.25) is 10.0 Å². The van der Waals surface area contributed by atoms with E-state index in [9.17, 15) is 4.79 Å². The number of carbonyl (C=O) groups is 1. The fourth-order valence-electron chi connectivity index (χ4n) is 2.67. The first kappa shape index (κ1) is 20.4. The number of benzene rings is 2. The minimum absolute atomic E-state index is 0.126. The van der Waals surface area contributed by atoms with Crippen LogP contribution in [0.15, 0.2) is 40.9 Å². The normalized spacial score (nSPS) is 11.1. The number of nitrogens with zero attached hydrogens (tertiary/aromatic N) is 2. The van der Waals surface area contributed by atoms with Gasteiger partial charge in [0.15, 0.2) is 0 Å². The predicted octanol–water partition coefficient (Wildman–Crippen LogP) is 6.01. The van der Waals surface area contributed by atoms with E-state index in [0.717, 1.165) is 16.7 Å². The van der Waals surface area contributed by atoms with E-state index in [0.29, 0.717) is 33.9 Å². The molecule has 146 valence electrons. The van der Waals surface area contributed by atoms with Gasteiger partial charge in [0.05, 0.1) is 6.42 Å². The van der Waals surface area contributed by atoms with Crippen molar-refractivity contribution in [2.75, 3.05) is 0 Å². The molecule has 5 nitrogen and oxygen atoms in total. The summed E-state index contributed by atoms with van der Waals surface area (Å²) in [4.78, 5) is 16.6. The van der Waals surface area contributed by atoms with E-state index in [1.165, 1.54) is 0 Å². The van der Waals surface area contributed by atoms with E-state index in [4.69, 9.17) is 32.5 Å². The summed E-state index contributed by atoms with van der Waals surface area (Å²) in [6, 6.07) is 10.8. The van der Waals surface area contributed by atoms with Crippen molar-refractivity contribution < 1.29 is 14.1 Å². The first-order valence-corrected chi connectivity index (χ1v) is 9.68. The van der Waals surface area contributed by atoms with Crippen LogP contribution in [0.1, 0.15) is 43.2 Å². The standard InChI is InChI=1S/C21H20Cl2N2O3/c1-12(2)16-11-17(23)13(3)10-18(16)27-20(26)9-8-19-24-21(25-28-19)14-4-6-15(22)7-5-14/h4-7,10-12H,8-9H2,1-3H3. The number of ether oxygens (including phenoxy) is 1. The van der Waals surface area contributed by atoms with E-state index >= 15 is 0 Å². The lowest BCUT2D eigenvalue weighted by atomic mass is 10.0. The van der Waals surface area contributed by atoms with Crippen LogP contribution in [0, 0.1) is 6.92 Å². The van der Waals surface area contributed by atoms with Crippen molar-refractivity contribution in [1.29, 1.82) is 0 Å².